The number of nitriles is 1. The van der Waals surface area contributed by atoms with E-state index >= 15 is 0 Å². The zero-order chi connectivity index (χ0) is 18.1. The molecule has 1 unspecified atom stereocenters. The van der Waals surface area contributed by atoms with Crippen LogP contribution in [0.25, 0.3) is 22.6 Å². The molecule has 1 atom stereocenters. The Morgan fingerprint density at radius 3 is 2.69 bits per heavy atom. The molecule has 0 amide bonds. The lowest BCUT2D eigenvalue weighted by atomic mass is 9.87. The van der Waals surface area contributed by atoms with Gasteiger partial charge in [0.2, 0.25) is 0 Å². The third-order valence-corrected chi connectivity index (χ3v) is 5.06. The molecule has 1 heterocycles. The molecule has 1 aromatic heterocycles. The number of nitrogens with zero attached hydrogens (tertiary/aromatic N) is 1. The van der Waals surface area contributed by atoms with E-state index in [0.29, 0.717) is 27.9 Å². The monoisotopic (exact) mass is 341 g/mol. The Labute approximate surface area is 152 Å². The van der Waals surface area contributed by atoms with Crippen LogP contribution >= 0.6 is 0 Å². The normalized spacial score (nSPS) is 15.5. The fourth-order valence-electron chi connectivity index (χ4n) is 3.77. The summed E-state index contributed by atoms with van der Waals surface area (Å²) in [6, 6.07) is 17.5. The molecule has 1 aliphatic rings. The highest BCUT2D eigenvalue weighted by atomic mass is 16.3. The molecule has 3 aromatic rings. The molecule has 128 valence electrons. The number of allylic oxidation sites excluding steroid dienone is 1. The van der Waals surface area contributed by atoms with Crippen LogP contribution in [-0.4, -0.2) is 0 Å². The number of hydrogen-bond acceptors (Lipinski definition) is 3. The van der Waals surface area contributed by atoms with Crippen molar-refractivity contribution in [2.24, 2.45) is 0 Å². The average Bonchev–Trinajstić information content (AvgIpc) is 2.81. The molecular weight excluding hydrogens is 322 g/mol. The van der Waals surface area contributed by atoms with Crippen LogP contribution in [0.1, 0.15) is 54.6 Å². The Hall–Kier alpha value is -3.12. The smallest absolute Gasteiger partial charge is 0.200 e. The van der Waals surface area contributed by atoms with E-state index in [1.807, 2.05) is 42.5 Å². The van der Waals surface area contributed by atoms with Crippen molar-refractivity contribution in [2.75, 3.05) is 0 Å². The largest absolute Gasteiger partial charge is 0.460 e. The summed E-state index contributed by atoms with van der Waals surface area (Å²) in [5, 5.41) is 10.3. The number of para-hydroxylation sites is 1. The summed E-state index contributed by atoms with van der Waals surface area (Å²) in [6.45, 7) is 2.15. The van der Waals surface area contributed by atoms with E-state index in [0.717, 1.165) is 30.4 Å². The molecule has 0 N–H and O–H groups in total. The number of unbranched alkanes of at least 4 members (excludes halogenated alkanes) is 1. The second-order valence-corrected chi connectivity index (χ2v) is 6.66. The van der Waals surface area contributed by atoms with E-state index in [2.05, 4.69) is 13.0 Å². The quantitative estimate of drug-likeness (QED) is 0.632. The molecule has 0 aliphatic heterocycles. The fraction of sp³-hybridized carbons (Fsp3) is 0.217. The molecular formula is C23H19NO2. The maximum Gasteiger partial charge on any atom is 0.200 e. The van der Waals surface area contributed by atoms with E-state index in [9.17, 15) is 10.1 Å². The Morgan fingerprint density at radius 2 is 1.88 bits per heavy atom. The lowest BCUT2D eigenvalue weighted by Crippen LogP contribution is -2.12. The minimum Gasteiger partial charge on any atom is -0.460 e. The van der Waals surface area contributed by atoms with Crippen molar-refractivity contribution in [1.82, 2.24) is 0 Å². The third kappa shape index (κ3) is 2.55. The molecule has 4 rings (SSSR count). The second-order valence-electron chi connectivity index (χ2n) is 6.66. The molecule has 1 aliphatic carbocycles. The number of rotatable bonds is 3. The van der Waals surface area contributed by atoms with Crippen molar-refractivity contribution >= 4 is 22.6 Å². The second kappa shape index (κ2) is 6.65. The van der Waals surface area contributed by atoms with Gasteiger partial charge in [-0.15, -0.1) is 0 Å². The minimum atomic E-state index is -0.0658. The van der Waals surface area contributed by atoms with Crippen LogP contribution in [0.15, 0.2) is 57.7 Å². The minimum absolute atomic E-state index is 0.0273. The fourth-order valence-corrected chi connectivity index (χ4v) is 3.77. The summed E-state index contributed by atoms with van der Waals surface area (Å²) in [4.78, 5) is 13.1. The van der Waals surface area contributed by atoms with Gasteiger partial charge >= 0.3 is 0 Å². The number of fused-ring (bicyclic) bond motifs is 3. The zero-order valence-electron chi connectivity index (χ0n) is 14.7. The Balaban J connectivity index is 2.09. The van der Waals surface area contributed by atoms with Crippen LogP contribution in [0, 0.1) is 11.3 Å². The molecule has 0 radical (unpaired) electrons. The Kier molecular flexibility index (Phi) is 4.18. The summed E-state index contributed by atoms with van der Waals surface area (Å²) in [7, 11) is 0. The first-order chi connectivity index (χ1) is 12.7. The van der Waals surface area contributed by atoms with Gasteiger partial charge in [-0.3, -0.25) is 4.79 Å². The molecule has 2 aromatic carbocycles. The van der Waals surface area contributed by atoms with Gasteiger partial charge in [0.1, 0.15) is 11.3 Å². The molecule has 0 fully saturated rings. The van der Waals surface area contributed by atoms with Gasteiger partial charge in [0.25, 0.3) is 0 Å². The van der Waals surface area contributed by atoms with Gasteiger partial charge in [-0.05, 0) is 35.8 Å². The van der Waals surface area contributed by atoms with Gasteiger partial charge in [0.15, 0.2) is 5.43 Å². The summed E-state index contributed by atoms with van der Waals surface area (Å²) < 4.78 is 6.25. The van der Waals surface area contributed by atoms with Crippen molar-refractivity contribution in [2.45, 2.75) is 32.1 Å². The maximum atomic E-state index is 13.1. The van der Waals surface area contributed by atoms with E-state index in [1.165, 1.54) is 0 Å². The summed E-state index contributed by atoms with van der Waals surface area (Å²) in [5.41, 5.74) is 3.52. The van der Waals surface area contributed by atoms with Crippen molar-refractivity contribution in [3.05, 3.63) is 81.2 Å². The molecule has 26 heavy (non-hydrogen) atoms. The van der Waals surface area contributed by atoms with Crippen molar-refractivity contribution < 1.29 is 4.42 Å². The predicted octanol–water partition coefficient (Wildman–Crippen LogP) is 5.49. The lowest BCUT2D eigenvalue weighted by molar-refractivity contribution is 0.483. The van der Waals surface area contributed by atoms with Crippen molar-refractivity contribution in [3.8, 4) is 6.07 Å². The van der Waals surface area contributed by atoms with Gasteiger partial charge in [0.05, 0.1) is 22.6 Å². The number of benzene rings is 2. The standard InChI is InChI=1S/C23H19NO2/c1-2-3-8-18-17-10-5-4-9-16(17)15(14-24)13-20-22(25)19-11-6-7-12-21(19)26-23(18)20/h4-7,9-13,18H,2-3,8H2,1H3. The van der Waals surface area contributed by atoms with Crippen LogP contribution in [0.2, 0.25) is 0 Å². The van der Waals surface area contributed by atoms with Gasteiger partial charge in [0, 0.05) is 5.92 Å². The van der Waals surface area contributed by atoms with Crippen molar-refractivity contribution in [3.63, 3.8) is 0 Å². The lowest BCUT2D eigenvalue weighted by Gasteiger charge is -2.19. The SMILES string of the molecule is CCCCC1c2ccccc2C(C#N)=Cc2c1oc1ccccc1c2=O. The van der Waals surface area contributed by atoms with Crippen molar-refractivity contribution in [1.29, 1.82) is 5.26 Å². The van der Waals surface area contributed by atoms with E-state index in [4.69, 9.17) is 4.42 Å². The maximum absolute atomic E-state index is 13.1. The molecule has 0 spiro atoms. The van der Waals surface area contributed by atoms with Gasteiger partial charge in [-0.1, -0.05) is 56.2 Å². The Bertz CT molecular complexity index is 1110. The molecule has 3 heteroatoms. The highest BCUT2D eigenvalue weighted by Gasteiger charge is 2.28. The predicted molar refractivity (Wildman–Crippen MR) is 104 cm³/mol. The molecule has 0 bridgehead atoms. The van der Waals surface area contributed by atoms with Crippen LogP contribution < -0.4 is 5.43 Å². The van der Waals surface area contributed by atoms with E-state index in [-0.39, 0.29) is 11.3 Å². The molecule has 0 saturated carbocycles. The van der Waals surface area contributed by atoms with Gasteiger partial charge < -0.3 is 4.42 Å². The topological polar surface area (TPSA) is 54.0 Å². The first kappa shape index (κ1) is 16.4. The highest BCUT2D eigenvalue weighted by molar-refractivity contribution is 5.94. The zero-order valence-corrected chi connectivity index (χ0v) is 14.7. The van der Waals surface area contributed by atoms with Crippen LogP contribution in [0.4, 0.5) is 0 Å². The Morgan fingerprint density at radius 1 is 1.12 bits per heavy atom. The van der Waals surface area contributed by atoms with Gasteiger partial charge in [-0.25, -0.2) is 0 Å². The van der Waals surface area contributed by atoms with Crippen LogP contribution in [-0.2, 0) is 0 Å². The average molecular weight is 341 g/mol. The first-order valence-corrected chi connectivity index (χ1v) is 9.01. The summed E-state index contributed by atoms with van der Waals surface area (Å²) in [5.74, 6) is 0.653. The summed E-state index contributed by atoms with van der Waals surface area (Å²) in [6.07, 6.45) is 4.67. The molecule has 0 saturated heterocycles. The number of hydrogen-bond donors (Lipinski definition) is 0. The first-order valence-electron chi connectivity index (χ1n) is 9.01. The highest BCUT2D eigenvalue weighted by Crippen LogP contribution is 2.40. The van der Waals surface area contributed by atoms with E-state index in [1.54, 1.807) is 12.1 Å². The molecule has 3 nitrogen and oxygen atoms in total. The van der Waals surface area contributed by atoms with E-state index < -0.39 is 0 Å². The summed E-state index contributed by atoms with van der Waals surface area (Å²) >= 11 is 0. The van der Waals surface area contributed by atoms with Crippen LogP contribution in [0.5, 0.6) is 0 Å². The van der Waals surface area contributed by atoms with Gasteiger partial charge in [-0.2, -0.15) is 5.26 Å². The third-order valence-electron chi connectivity index (χ3n) is 5.06. The van der Waals surface area contributed by atoms with Crippen LogP contribution in [0.3, 0.4) is 0 Å².